The highest BCUT2D eigenvalue weighted by Crippen LogP contribution is 2.31. The first-order valence-electron chi connectivity index (χ1n) is 6.63. The van der Waals surface area contributed by atoms with Crippen molar-refractivity contribution in [2.75, 3.05) is 18.0 Å². The highest BCUT2D eigenvalue weighted by Gasteiger charge is 2.24. The van der Waals surface area contributed by atoms with Gasteiger partial charge in [0.25, 0.3) is 0 Å². The molecule has 3 heteroatoms. The van der Waals surface area contributed by atoms with Gasteiger partial charge in [-0.1, -0.05) is 6.92 Å². The van der Waals surface area contributed by atoms with Crippen molar-refractivity contribution in [3.8, 4) is 0 Å². The van der Waals surface area contributed by atoms with Crippen molar-refractivity contribution < 1.29 is 5.11 Å². The maximum absolute atomic E-state index is 9.70. The lowest BCUT2D eigenvalue weighted by Gasteiger charge is -2.23. The molecule has 2 rings (SSSR count). The third kappa shape index (κ3) is 3.19. The van der Waals surface area contributed by atoms with Crippen LogP contribution < -0.4 is 4.90 Å². The van der Waals surface area contributed by atoms with E-state index in [0.29, 0.717) is 6.42 Å². The van der Waals surface area contributed by atoms with Gasteiger partial charge in [0, 0.05) is 13.1 Å². The molecule has 0 saturated heterocycles. The van der Waals surface area contributed by atoms with E-state index in [4.69, 9.17) is 0 Å². The third-order valence-electron chi connectivity index (χ3n) is 3.42. The molecule has 1 aliphatic rings. The molecule has 1 atom stereocenters. The Morgan fingerprint density at radius 3 is 2.65 bits per heavy atom. The molecule has 1 aliphatic carbocycles. The minimum Gasteiger partial charge on any atom is -0.387 e. The Bertz CT molecular complexity index is 346. The second kappa shape index (κ2) is 5.50. The minimum absolute atomic E-state index is 0.428. The quantitative estimate of drug-likeness (QED) is 0.822. The lowest BCUT2D eigenvalue weighted by Crippen LogP contribution is -2.25. The van der Waals surface area contributed by atoms with Crippen molar-refractivity contribution >= 4 is 5.69 Å². The van der Waals surface area contributed by atoms with E-state index in [0.717, 1.165) is 24.7 Å². The largest absolute Gasteiger partial charge is 0.387 e. The van der Waals surface area contributed by atoms with Crippen LogP contribution in [0.1, 0.15) is 44.9 Å². The van der Waals surface area contributed by atoms with Crippen molar-refractivity contribution in [2.45, 2.75) is 39.2 Å². The number of pyridine rings is 1. The molecular formula is C14H22N2O. The number of rotatable bonds is 6. The van der Waals surface area contributed by atoms with E-state index in [9.17, 15) is 5.11 Å². The number of nitrogens with zero attached hydrogens (tertiary/aromatic N) is 2. The molecule has 0 spiro atoms. The fraction of sp³-hybridized carbons (Fsp3) is 0.643. The molecule has 0 amide bonds. The summed E-state index contributed by atoms with van der Waals surface area (Å²) in [6, 6.07) is 4.02. The van der Waals surface area contributed by atoms with Crippen molar-refractivity contribution in [3.05, 3.63) is 24.0 Å². The van der Waals surface area contributed by atoms with Crippen molar-refractivity contribution in [1.82, 2.24) is 4.98 Å². The Morgan fingerprint density at radius 1 is 1.41 bits per heavy atom. The summed E-state index contributed by atoms with van der Waals surface area (Å²) in [6.07, 6.45) is 4.92. The Kier molecular flexibility index (Phi) is 4.00. The van der Waals surface area contributed by atoms with Gasteiger partial charge in [-0.25, -0.2) is 0 Å². The number of hydrogen-bond acceptors (Lipinski definition) is 3. The molecule has 1 N–H and O–H groups in total. The maximum Gasteiger partial charge on any atom is 0.0957 e. The van der Waals surface area contributed by atoms with Gasteiger partial charge in [-0.15, -0.1) is 0 Å². The summed E-state index contributed by atoms with van der Waals surface area (Å²) in [5, 5.41) is 9.70. The zero-order chi connectivity index (χ0) is 12.3. The van der Waals surface area contributed by atoms with Crippen LogP contribution in [0.25, 0.3) is 0 Å². The van der Waals surface area contributed by atoms with Crippen molar-refractivity contribution in [1.29, 1.82) is 0 Å². The molecule has 0 radical (unpaired) electrons. The first-order chi connectivity index (χ1) is 8.24. The maximum atomic E-state index is 9.70. The van der Waals surface area contributed by atoms with Gasteiger partial charge in [-0.2, -0.15) is 0 Å². The van der Waals surface area contributed by atoms with E-state index in [1.165, 1.54) is 18.5 Å². The fourth-order valence-corrected chi connectivity index (χ4v) is 2.02. The van der Waals surface area contributed by atoms with E-state index in [1.807, 2.05) is 19.2 Å². The standard InChI is InChI=1S/C14H22N2O/c1-3-14(17)13-8-7-12(9-15-13)16(4-2)10-11-5-6-11/h7-9,11,14,17H,3-6,10H2,1-2H3. The molecule has 1 fully saturated rings. The Labute approximate surface area is 103 Å². The van der Waals surface area contributed by atoms with Gasteiger partial charge < -0.3 is 10.0 Å². The Hall–Kier alpha value is -1.09. The van der Waals surface area contributed by atoms with Gasteiger partial charge in [0.1, 0.15) is 0 Å². The summed E-state index contributed by atoms with van der Waals surface area (Å²) in [5.74, 6) is 0.885. The van der Waals surface area contributed by atoms with Crippen LogP contribution in [0.15, 0.2) is 18.3 Å². The summed E-state index contributed by atoms with van der Waals surface area (Å²) in [5.41, 5.74) is 1.95. The highest BCUT2D eigenvalue weighted by molar-refractivity contribution is 5.44. The number of aliphatic hydroxyl groups excluding tert-OH is 1. The molecule has 0 aliphatic heterocycles. The molecule has 1 unspecified atom stereocenters. The van der Waals surface area contributed by atoms with E-state index in [1.54, 1.807) is 0 Å². The van der Waals surface area contributed by atoms with Crippen molar-refractivity contribution in [3.63, 3.8) is 0 Å². The molecule has 1 aromatic heterocycles. The molecule has 1 saturated carbocycles. The van der Waals surface area contributed by atoms with Crippen LogP contribution in [-0.2, 0) is 0 Å². The van der Waals surface area contributed by atoms with Crippen LogP contribution in [-0.4, -0.2) is 23.2 Å². The van der Waals surface area contributed by atoms with Gasteiger partial charge in [0.15, 0.2) is 0 Å². The smallest absolute Gasteiger partial charge is 0.0957 e. The van der Waals surface area contributed by atoms with Crippen LogP contribution in [0.5, 0.6) is 0 Å². The van der Waals surface area contributed by atoms with E-state index >= 15 is 0 Å². The normalized spacial score (nSPS) is 16.9. The fourth-order valence-electron chi connectivity index (χ4n) is 2.02. The second-order valence-corrected chi connectivity index (χ2v) is 4.85. The Balaban J connectivity index is 2.04. The molecule has 3 nitrogen and oxygen atoms in total. The third-order valence-corrected chi connectivity index (χ3v) is 3.42. The molecule has 0 bridgehead atoms. The second-order valence-electron chi connectivity index (χ2n) is 4.85. The number of aliphatic hydroxyl groups is 1. The molecular weight excluding hydrogens is 212 g/mol. The van der Waals surface area contributed by atoms with E-state index in [-0.39, 0.29) is 0 Å². The summed E-state index contributed by atoms with van der Waals surface area (Å²) < 4.78 is 0. The number of anilines is 1. The van der Waals surface area contributed by atoms with Crippen LogP contribution in [0.4, 0.5) is 5.69 Å². The highest BCUT2D eigenvalue weighted by atomic mass is 16.3. The molecule has 1 heterocycles. The van der Waals surface area contributed by atoms with Gasteiger partial charge in [-0.05, 0) is 44.2 Å². The number of hydrogen-bond donors (Lipinski definition) is 1. The predicted molar refractivity (Wildman–Crippen MR) is 70.1 cm³/mol. The average molecular weight is 234 g/mol. The van der Waals surface area contributed by atoms with Gasteiger partial charge in [-0.3, -0.25) is 4.98 Å². The van der Waals surface area contributed by atoms with Crippen LogP contribution in [0, 0.1) is 5.92 Å². The minimum atomic E-state index is -0.428. The summed E-state index contributed by atoms with van der Waals surface area (Å²) in [6.45, 7) is 6.31. The van der Waals surface area contributed by atoms with Gasteiger partial charge in [0.05, 0.1) is 23.7 Å². The monoisotopic (exact) mass is 234 g/mol. The first kappa shape index (κ1) is 12.4. The van der Waals surface area contributed by atoms with E-state index < -0.39 is 6.10 Å². The molecule has 94 valence electrons. The zero-order valence-corrected chi connectivity index (χ0v) is 10.8. The molecule has 17 heavy (non-hydrogen) atoms. The van der Waals surface area contributed by atoms with Gasteiger partial charge in [0.2, 0.25) is 0 Å². The van der Waals surface area contributed by atoms with Crippen LogP contribution in [0.2, 0.25) is 0 Å². The average Bonchev–Trinajstić information content (AvgIpc) is 3.19. The van der Waals surface area contributed by atoms with Crippen LogP contribution >= 0.6 is 0 Å². The zero-order valence-electron chi connectivity index (χ0n) is 10.8. The predicted octanol–water partition coefficient (Wildman–Crippen LogP) is 2.76. The lowest BCUT2D eigenvalue weighted by molar-refractivity contribution is 0.169. The van der Waals surface area contributed by atoms with Crippen LogP contribution in [0.3, 0.4) is 0 Å². The molecule has 0 aromatic carbocycles. The summed E-state index contributed by atoms with van der Waals surface area (Å²) >= 11 is 0. The topological polar surface area (TPSA) is 36.4 Å². The van der Waals surface area contributed by atoms with Gasteiger partial charge >= 0.3 is 0 Å². The van der Waals surface area contributed by atoms with Crippen molar-refractivity contribution in [2.24, 2.45) is 5.92 Å². The van der Waals surface area contributed by atoms with E-state index in [2.05, 4.69) is 22.9 Å². The summed E-state index contributed by atoms with van der Waals surface area (Å²) in [4.78, 5) is 6.72. The first-order valence-corrected chi connectivity index (χ1v) is 6.63. The SMILES string of the molecule is CCC(O)c1ccc(N(CC)CC2CC2)cn1. The lowest BCUT2D eigenvalue weighted by atomic mass is 10.2. The number of aromatic nitrogens is 1. The summed E-state index contributed by atoms with van der Waals surface area (Å²) in [7, 11) is 0. The molecule has 1 aromatic rings. The Morgan fingerprint density at radius 2 is 2.18 bits per heavy atom.